The maximum atomic E-state index is 9.00. The molecule has 0 saturated heterocycles. The van der Waals surface area contributed by atoms with E-state index in [1.165, 1.54) is 0 Å². The third-order valence-corrected chi connectivity index (χ3v) is 9.64. The second-order valence-corrected chi connectivity index (χ2v) is 16.3. The van der Waals surface area contributed by atoms with Gasteiger partial charge >= 0.3 is 20.4 Å². The minimum atomic E-state index is -0.833. The Labute approximate surface area is 565 Å². The summed E-state index contributed by atoms with van der Waals surface area (Å²) in [6.45, 7) is 5.55. The summed E-state index contributed by atoms with van der Waals surface area (Å²) in [7, 11) is 3.93. The Morgan fingerprint density at radius 1 is 0.391 bits per heavy atom. The number of rotatable bonds is 8. The maximum absolute atomic E-state index is 9.00. The molecule has 0 aliphatic heterocycles. The van der Waals surface area contributed by atoms with Crippen molar-refractivity contribution in [1.82, 2.24) is 29.1 Å². The van der Waals surface area contributed by atoms with E-state index in [0.717, 1.165) is 70.6 Å². The Kier molecular flexibility index (Phi) is 38.4. The molecule has 444 valence electrons. The van der Waals surface area contributed by atoms with E-state index < -0.39 is 11.9 Å². The number of aryl methyl sites for hydroxylation is 2. The van der Waals surface area contributed by atoms with E-state index in [-0.39, 0.29) is 40.8 Å². The van der Waals surface area contributed by atoms with Crippen LogP contribution < -0.4 is 9.47 Å². The molecule has 0 unspecified atom stereocenters. The zero-order valence-corrected chi connectivity index (χ0v) is 53.0. The molecular formula is C78H46N6O6Pd2. The standard InChI is InChI=1S/C32H6.C21H17N3O.C21H15N3O.2C2H4O2.2Pd/c1-3-5-7-9-11-13-15-17-19-21-23-25-27-29-31-32-30-28-26-24-22-20-18-16-14-12-10-8-6-4-2;2*1-24-13-12-23-21(24)17-7-5-9-19(15-17)25-18-8-4-6-16(14-18)20-10-2-3-11-22-20;2*1-2(3)4;;/h1-2H3;2-15H,1H3;2-13H,1H3;2*1H3,(H,3,4);;/q;;-2;;;;+2. The first-order valence-corrected chi connectivity index (χ1v) is 26.1. The summed E-state index contributed by atoms with van der Waals surface area (Å²) in [6, 6.07) is 45.6. The van der Waals surface area contributed by atoms with Gasteiger partial charge in [-0.25, -0.2) is 4.98 Å². The van der Waals surface area contributed by atoms with Gasteiger partial charge in [-0.1, -0.05) is 66.4 Å². The largest absolute Gasteiger partial charge is 2.00 e. The molecule has 4 aromatic carbocycles. The Hall–Kier alpha value is -13.1. The molecule has 14 heteroatoms. The van der Waals surface area contributed by atoms with Gasteiger partial charge in [0.15, 0.2) is 0 Å². The van der Waals surface area contributed by atoms with Crippen molar-refractivity contribution in [2.75, 3.05) is 0 Å². The summed E-state index contributed by atoms with van der Waals surface area (Å²) >= 11 is 0. The summed E-state index contributed by atoms with van der Waals surface area (Å²) in [4.78, 5) is 35.5. The van der Waals surface area contributed by atoms with Gasteiger partial charge in [0, 0.05) is 179 Å². The molecule has 0 radical (unpaired) electrons. The molecule has 0 bridgehead atoms. The molecule has 2 N–H and O–H groups in total. The molecule has 0 aliphatic rings. The van der Waals surface area contributed by atoms with Crippen LogP contribution in [-0.2, 0) is 64.5 Å². The monoisotopic (exact) mass is 1370 g/mol. The third kappa shape index (κ3) is 33.0. The minimum Gasteiger partial charge on any atom is -0.497 e. The van der Waals surface area contributed by atoms with Crippen molar-refractivity contribution in [3.05, 3.63) is 171 Å². The second-order valence-electron chi connectivity index (χ2n) is 16.3. The van der Waals surface area contributed by atoms with Crippen LogP contribution in [0.2, 0.25) is 0 Å². The van der Waals surface area contributed by atoms with E-state index in [1.54, 1.807) is 38.6 Å². The number of benzene rings is 4. The number of nitrogens with zero attached hydrogens (tertiary/aromatic N) is 6. The first kappa shape index (κ1) is 75.0. The first-order chi connectivity index (χ1) is 44.0. The zero-order chi connectivity index (χ0) is 64.5. The number of hydrogen-bond acceptors (Lipinski definition) is 8. The van der Waals surface area contributed by atoms with Gasteiger partial charge in [0.2, 0.25) is 0 Å². The molecule has 4 heterocycles. The van der Waals surface area contributed by atoms with Crippen LogP contribution in [0.3, 0.4) is 0 Å². The van der Waals surface area contributed by atoms with Crippen LogP contribution in [0.1, 0.15) is 27.7 Å². The van der Waals surface area contributed by atoms with Gasteiger partial charge in [0.05, 0.1) is 11.5 Å². The van der Waals surface area contributed by atoms with Gasteiger partial charge in [-0.15, -0.1) is 47.5 Å². The average molecular weight is 1380 g/mol. The van der Waals surface area contributed by atoms with Crippen molar-refractivity contribution in [1.29, 1.82) is 0 Å². The summed E-state index contributed by atoms with van der Waals surface area (Å²) in [5, 5.41) is 14.8. The molecule has 8 aromatic rings. The molecule has 8 rings (SSSR count). The number of imidazole rings is 2. The van der Waals surface area contributed by atoms with E-state index >= 15 is 0 Å². The number of pyridine rings is 2. The van der Waals surface area contributed by atoms with Crippen LogP contribution in [0.4, 0.5) is 0 Å². The van der Waals surface area contributed by atoms with Gasteiger partial charge in [0.25, 0.3) is 11.9 Å². The van der Waals surface area contributed by atoms with Gasteiger partial charge in [-0.3, -0.25) is 19.6 Å². The molecule has 0 atom stereocenters. The van der Waals surface area contributed by atoms with Crippen LogP contribution in [0.15, 0.2) is 159 Å². The van der Waals surface area contributed by atoms with Crippen molar-refractivity contribution in [2.45, 2.75) is 27.7 Å². The summed E-state index contributed by atoms with van der Waals surface area (Å²) < 4.78 is 15.9. The van der Waals surface area contributed by atoms with Crippen molar-refractivity contribution >= 4 is 11.9 Å². The number of carbonyl (C=O) groups is 2. The Morgan fingerprint density at radius 3 is 1.10 bits per heavy atom. The van der Waals surface area contributed by atoms with Gasteiger partial charge in [-0.05, 0) is 157 Å². The molecule has 4 aromatic heterocycles. The number of aromatic nitrogens is 6. The fourth-order valence-corrected chi connectivity index (χ4v) is 6.23. The molecule has 0 saturated carbocycles. The quantitative estimate of drug-likeness (QED) is 0.0854. The SMILES string of the molecule is CC#CC#CC#CC#CC#CC#CC#CC#CC#CC#CC#CC#CC#CC#CC#CC.CC(=O)O.CC(=O)O.Cn1ccnc1-c1[c-]c(Oc2[c-]c(-c3ccccn3)ccc2)ccc1.Cn1ccnc1-c1cccc(Oc2cccc(-c3ccccn3)c2)c1.[Pd+2].[Pd]. The normalized spacial score (nSPS) is 7.67. The first-order valence-electron chi connectivity index (χ1n) is 26.1. The average Bonchev–Trinajstić information content (AvgIpc) is 1.61. The third-order valence-electron chi connectivity index (χ3n) is 9.64. The van der Waals surface area contributed by atoms with Crippen LogP contribution in [0.25, 0.3) is 45.3 Å². The molecule has 0 spiro atoms. The Balaban J connectivity index is 0.000000440. The fraction of sp³-hybridized carbons (Fsp3) is 0.0769. The molecule has 0 fully saturated rings. The minimum absolute atomic E-state index is 0. The van der Waals surface area contributed by atoms with Gasteiger partial charge in [-0.2, -0.15) is 0 Å². The summed E-state index contributed by atoms with van der Waals surface area (Å²) in [5.74, 6) is 78.5. The Bertz CT molecular complexity index is 4550. The van der Waals surface area contributed by atoms with Crippen molar-refractivity contribution in [3.8, 4) is 246 Å². The van der Waals surface area contributed by atoms with Gasteiger partial charge < -0.3 is 33.8 Å². The van der Waals surface area contributed by atoms with E-state index in [1.807, 2.05) is 157 Å². The van der Waals surface area contributed by atoms with E-state index in [0.29, 0.717) is 11.5 Å². The maximum Gasteiger partial charge on any atom is 2.00 e. The van der Waals surface area contributed by atoms with E-state index in [9.17, 15) is 0 Å². The van der Waals surface area contributed by atoms with Crippen molar-refractivity contribution in [3.63, 3.8) is 0 Å². The predicted molar refractivity (Wildman–Crippen MR) is 349 cm³/mol. The summed E-state index contributed by atoms with van der Waals surface area (Å²) in [5.41, 5.74) is 5.60. The van der Waals surface area contributed by atoms with Crippen LogP contribution >= 0.6 is 0 Å². The zero-order valence-electron chi connectivity index (χ0n) is 49.9. The number of carboxylic acid groups (broad SMARTS) is 2. The summed E-state index contributed by atoms with van der Waals surface area (Å²) in [6.07, 6.45) is 10.9. The van der Waals surface area contributed by atoms with E-state index in [4.69, 9.17) is 29.3 Å². The van der Waals surface area contributed by atoms with Crippen LogP contribution in [-0.4, -0.2) is 51.2 Å². The van der Waals surface area contributed by atoms with Gasteiger partial charge in [0.1, 0.15) is 17.3 Å². The molecular weight excluding hydrogens is 1330 g/mol. The topological polar surface area (TPSA) is 154 Å². The molecule has 92 heavy (non-hydrogen) atoms. The molecule has 12 nitrogen and oxygen atoms in total. The number of carboxylic acids is 2. The van der Waals surface area contributed by atoms with Crippen LogP contribution in [0.5, 0.6) is 23.0 Å². The number of ether oxygens (including phenoxy) is 2. The van der Waals surface area contributed by atoms with Crippen molar-refractivity contribution in [2.24, 2.45) is 14.1 Å². The Morgan fingerprint density at radius 2 is 0.728 bits per heavy atom. The van der Waals surface area contributed by atoms with Crippen molar-refractivity contribution < 1.29 is 70.1 Å². The number of aliphatic carboxylic acids is 2. The predicted octanol–water partition coefficient (Wildman–Crippen LogP) is 10.7. The second kappa shape index (κ2) is 47.1. The van der Waals surface area contributed by atoms with E-state index in [2.05, 4.69) is 210 Å². The smallest absolute Gasteiger partial charge is 0.497 e. The van der Waals surface area contributed by atoms with Crippen LogP contribution in [0, 0.1) is 190 Å². The fourth-order valence-electron chi connectivity index (χ4n) is 6.23. The molecule has 0 aliphatic carbocycles. The molecule has 0 amide bonds. The number of hydrogen-bond donors (Lipinski definition) is 2.